The first-order valence-corrected chi connectivity index (χ1v) is 10.5. The molecule has 1 aromatic carbocycles. The van der Waals surface area contributed by atoms with Crippen LogP contribution in [0.2, 0.25) is 0 Å². The molecule has 0 radical (unpaired) electrons. The van der Waals surface area contributed by atoms with E-state index in [1.807, 2.05) is 6.07 Å². The molecule has 30 heavy (non-hydrogen) atoms. The number of piperidine rings is 1. The van der Waals surface area contributed by atoms with E-state index in [4.69, 9.17) is 4.74 Å². The van der Waals surface area contributed by atoms with E-state index in [0.29, 0.717) is 17.3 Å². The highest BCUT2D eigenvalue weighted by Gasteiger charge is 2.36. The number of nitrogens with zero attached hydrogens (tertiary/aromatic N) is 2. The van der Waals surface area contributed by atoms with E-state index in [9.17, 15) is 13.2 Å². The average molecular weight is 424 g/mol. The zero-order chi connectivity index (χ0) is 22.2. The van der Waals surface area contributed by atoms with Gasteiger partial charge in [-0.15, -0.1) is 0 Å². The normalized spacial score (nSPS) is 20.9. The maximum absolute atomic E-state index is 12.9. The molecule has 0 aliphatic carbocycles. The minimum atomic E-state index is -4.46. The summed E-state index contributed by atoms with van der Waals surface area (Å²) in [5, 5.41) is 0. The van der Waals surface area contributed by atoms with Gasteiger partial charge in [0.25, 0.3) is 0 Å². The number of quaternary nitrogens is 1. The van der Waals surface area contributed by atoms with Crippen molar-refractivity contribution in [2.24, 2.45) is 0 Å². The van der Waals surface area contributed by atoms with Crippen molar-refractivity contribution >= 4 is 0 Å². The lowest BCUT2D eigenvalue weighted by atomic mass is 10.0. The molecular weight excluding hydrogens is 389 g/mol. The molecule has 0 spiro atoms. The van der Waals surface area contributed by atoms with Gasteiger partial charge in [0.1, 0.15) is 11.8 Å². The van der Waals surface area contributed by atoms with E-state index in [0.717, 1.165) is 45.1 Å². The van der Waals surface area contributed by atoms with Gasteiger partial charge in [-0.3, -0.25) is 9.38 Å². The molecule has 166 valence electrons. The van der Waals surface area contributed by atoms with Gasteiger partial charge in [0, 0.05) is 13.0 Å². The minimum Gasteiger partial charge on any atom is -0.445 e. The van der Waals surface area contributed by atoms with Crippen molar-refractivity contribution in [3.63, 3.8) is 0 Å². The first-order valence-electron chi connectivity index (χ1n) is 10.5. The standard InChI is InChI=1S/C24H34F3N2O/c1-5-11-23(16-20(3)24(25,26)27)30-19-29(4,6-2)22-14-10-15-28(18-22)17-21-12-8-7-9-13-21/h5,7-9,11-13,16,22H,3,6,10,14-15,17-19H2,1-2,4H3/q+1. The molecule has 1 aromatic rings. The first kappa shape index (κ1) is 24.2. The molecule has 1 aliphatic heterocycles. The van der Waals surface area contributed by atoms with Gasteiger partial charge in [0.2, 0.25) is 6.73 Å². The third-order valence-electron chi connectivity index (χ3n) is 5.87. The lowest BCUT2D eigenvalue weighted by Crippen LogP contribution is -2.59. The van der Waals surface area contributed by atoms with Gasteiger partial charge < -0.3 is 4.74 Å². The molecule has 3 nitrogen and oxygen atoms in total. The molecule has 1 fully saturated rings. The topological polar surface area (TPSA) is 12.5 Å². The zero-order valence-electron chi connectivity index (χ0n) is 18.3. The number of hydrogen-bond acceptors (Lipinski definition) is 2. The monoisotopic (exact) mass is 423 g/mol. The molecule has 2 unspecified atom stereocenters. The third kappa shape index (κ3) is 7.03. The van der Waals surface area contributed by atoms with Crippen molar-refractivity contribution in [2.75, 3.05) is 33.4 Å². The molecule has 0 aromatic heterocycles. The number of halogens is 3. The van der Waals surface area contributed by atoms with E-state index in [1.165, 1.54) is 5.56 Å². The predicted molar refractivity (Wildman–Crippen MR) is 116 cm³/mol. The van der Waals surface area contributed by atoms with Crippen molar-refractivity contribution < 1.29 is 22.4 Å². The molecule has 1 saturated heterocycles. The highest BCUT2D eigenvalue weighted by molar-refractivity contribution is 5.27. The number of alkyl halides is 3. The molecule has 0 saturated carbocycles. The largest absolute Gasteiger partial charge is 0.445 e. The molecule has 2 atom stereocenters. The lowest BCUT2D eigenvalue weighted by Gasteiger charge is -2.45. The number of benzene rings is 1. The Morgan fingerprint density at radius 3 is 2.60 bits per heavy atom. The van der Waals surface area contributed by atoms with E-state index in [-0.39, 0.29) is 5.76 Å². The van der Waals surface area contributed by atoms with Crippen LogP contribution in [0.3, 0.4) is 0 Å². The Bertz CT molecular complexity index is 743. The molecule has 6 heteroatoms. The number of likely N-dealkylation sites (N-methyl/N-ethyl adjacent to an activating group) is 1. The van der Waals surface area contributed by atoms with Crippen LogP contribution in [-0.4, -0.2) is 55.0 Å². The quantitative estimate of drug-likeness (QED) is 0.220. The molecule has 0 N–H and O–H groups in total. The van der Waals surface area contributed by atoms with Crippen molar-refractivity contribution in [3.05, 3.63) is 72.0 Å². The summed E-state index contributed by atoms with van der Waals surface area (Å²) in [5.41, 5.74) is 0.386. The van der Waals surface area contributed by atoms with E-state index in [1.54, 1.807) is 19.1 Å². The maximum Gasteiger partial charge on any atom is 0.415 e. The van der Waals surface area contributed by atoms with E-state index >= 15 is 0 Å². The Balaban J connectivity index is 2.05. The Labute approximate surface area is 178 Å². The highest BCUT2D eigenvalue weighted by Crippen LogP contribution is 2.27. The Morgan fingerprint density at radius 2 is 2.00 bits per heavy atom. The Kier molecular flexibility index (Phi) is 8.74. The summed E-state index contributed by atoms with van der Waals surface area (Å²) >= 11 is 0. The van der Waals surface area contributed by atoms with Crippen molar-refractivity contribution in [3.8, 4) is 0 Å². The minimum absolute atomic E-state index is 0.189. The number of likely N-dealkylation sites (tertiary alicyclic amines) is 1. The number of ether oxygens (including phenoxy) is 1. The van der Waals surface area contributed by atoms with Gasteiger partial charge in [-0.25, -0.2) is 0 Å². The second kappa shape index (κ2) is 10.8. The molecular formula is C24H34F3N2O+. The van der Waals surface area contributed by atoms with E-state index < -0.39 is 11.7 Å². The van der Waals surface area contributed by atoms with Crippen molar-refractivity contribution in [1.82, 2.24) is 4.90 Å². The van der Waals surface area contributed by atoms with Gasteiger partial charge in [-0.05, 0) is 44.5 Å². The molecule has 2 rings (SSSR count). The maximum atomic E-state index is 12.9. The number of allylic oxidation sites excluding steroid dienone is 4. The first-order chi connectivity index (χ1) is 14.2. The molecule has 1 aliphatic rings. The molecule has 1 heterocycles. The Morgan fingerprint density at radius 1 is 1.30 bits per heavy atom. The smallest absolute Gasteiger partial charge is 0.415 e. The van der Waals surface area contributed by atoms with Gasteiger partial charge >= 0.3 is 6.18 Å². The second-order valence-corrected chi connectivity index (χ2v) is 8.16. The van der Waals surface area contributed by atoms with Crippen LogP contribution in [0.25, 0.3) is 0 Å². The summed E-state index contributed by atoms with van der Waals surface area (Å²) in [6, 6.07) is 10.8. The second-order valence-electron chi connectivity index (χ2n) is 8.16. The average Bonchev–Trinajstić information content (AvgIpc) is 2.72. The molecule has 0 amide bonds. The van der Waals surface area contributed by atoms with Crippen molar-refractivity contribution in [2.45, 2.75) is 45.5 Å². The van der Waals surface area contributed by atoms with Crippen LogP contribution < -0.4 is 0 Å². The van der Waals surface area contributed by atoms with Crippen LogP contribution in [-0.2, 0) is 11.3 Å². The van der Waals surface area contributed by atoms with Gasteiger partial charge in [-0.1, -0.05) is 43.0 Å². The summed E-state index contributed by atoms with van der Waals surface area (Å²) in [4.78, 5) is 2.46. The third-order valence-corrected chi connectivity index (χ3v) is 5.87. The summed E-state index contributed by atoms with van der Waals surface area (Å²) in [6.07, 6.45) is 1.93. The summed E-state index contributed by atoms with van der Waals surface area (Å²) in [6.45, 7) is 11.1. The van der Waals surface area contributed by atoms with E-state index in [2.05, 4.69) is 49.7 Å². The SMILES string of the molecule is C=C(C=C(C=CC)OC[N+](C)(CC)C1CCCN(Cc2ccccc2)C1)C(F)(F)F. The van der Waals surface area contributed by atoms with Crippen LogP contribution in [0.4, 0.5) is 13.2 Å². The van der Waals surface area contributed by atoms with Gasteiger partial charge in [0.15, 0.2) is 0 Å². The van der Waals surface area contributed by atoms with Gasteiger partial charge in [0.05, 0.1) is 25.7 Å². The highest BCUT2D eigenvalue weighted by atomic mass is 19.4. The van der Waals surface area contributed by atoms with Crippen molar-refractivity contribution in [1.29, 1.82) is 0 Å². The fraction of sp³-hybridized carbons (Fsp3) is 0.500. The van der Waals surface area contributed by atoms with Crippen LogP contribution in [0.5, 0.6) is 0 Å². The summed E-state index contributed by atoms with van der Waals surface area (Å²) in [5.74, 6) is 0.189. The summed E-state index contributed by atoms with van der Waals surface area (Å²) < 4.78 is 45.1. The zero-order valence-corrected chi connectivity index (χ0v) is 18.3. The fourth-order valence-electron chi connectivity index (χ4n) is 3.76. The van der Waals surface area contributed by atoms with Gasteiger partial charge in [-0.2, -0.15) is 13.2 Å². The lowest BCUT2D eigenvalue weighted by molar-refractivity contribution is -0.948. The molecule has 0 bridgehead atoms. The predicted octanol–water partition coefficient (Wildman–Crippen LogP) is 5.67. The fourth-order valence-corrected chi connectivity index (χ4v) is 3.76. The number of rotatable bonds is 9. The van der Waals surface area contributed by atoms with Crippen LogP contribution in [0.1, 0.15) is 32.3 Å². The summed E-state index contributed by atoms with van der Waals surface area (Å²) in [7, 11) is 2.13. The van der Waals surface area contributed by atoms with Crippen LogP contribution in [0, 0.1) is 0 Å². The van der Waals surface area contributed by atoms with Crippen LogP contribution >= 0.6 is 0 Å². The Hall–Kier alpha value is -2.05. The van der Waals surface area contributed by atoms with Crippen LogP contribution in [0.15, 0.2) is 66.5 Å². The number of hydrogen-bond donors (Lipinski definition) is 0.